The molecule has 1 aliphatic heterocycles. The predicted octanol–water partition coefficient (Wildman–Crippen LogP) is 3.98. The van der Waals surface area contributed by atoms with Crippen molar-refractivity contribution in [2.45, 2.75) is 31.2 Å². The van der Waals surface area contributed by atoms with E-state index in [1.165, 1.54) is 0 Å². The van der Waals surface area contributed by atoms with Crippen LogP contribution in [0.2, 0.25) is 0 Å². The smallest absolute Gasteiger partial charge is 0.320 e. The van der Waals surface area contributed by atoms with E-state index in [4.69, 9.17) is 5.73 Å². The van der Waals surface area contributed by atoms with E-state index < -0.39 is 17.5 Å². The van der Waals surface area contributed by atoms with Crippen LogP contribution in [-0.4, -0.2) is 35.6 Å². The van der Waals surface area contributed by atoms with Gasteiger partial charge in [0.25, 0.3) is 0 Å². The molecule has 1 aliphatic rings. The second-order valence-electron chi connectivity index (χ2n) is 8.89. The molecule has 7 heteroatoms. The number of amides is 3. The number of carbonyl (C=O) groups excluding carboxylic acids is 2. The number of piperidine rings is 1. The first kappa shape index (κ1) is 23.3. The van der Waals surface area contributed by atoms with Gasteiger partial charge in [0.05, 0.1) is 0 Å². The van der Waals surface area contributed by atoms with Gasteiger partial charge in [0.2, 0.25) is 5.91 Å². The van der Waals surface area contributed by atoms with Crippen LogP contribution in [0, 0.1) is 5.92 Å². The second kappa shape index (κ2) is 10.8. The topological polar surface area (TPSA) is 100 Å². The molecule has 7 nitrogen and oxygen atoms in total. The van der Waals surface area contributed by atoms with Crippen molar-refractivity contribution in [2.75, 3.05) is 23.3 Å². The largest absolute Gasteiger partial charge is 0.371 e. The van der Waals surface area contributed by atoms with E-state index in [-0.39, 0.29) is 5.92 Å². The van der Waals surface area contributed by atoms with Gasteiger partial charge in [0, 0.05) is 43.3 Å². The van der Waals surface area contributed by atoms with Crippen LogP contribution < -0.4 is 21.3 Å². The number of hydrogen-bond acceptors (Lipinski definition) is 4. The summed E-state index contributed by atoms with van der Waals surface area (Å²) in [5, 5.41) is 5.80. The van der Waals surface area contributed by atoms with Gasteiger partial charge in [-0.25, -0.2) is 4.79 Å². The minimum atomic E-state index is -1.19. The Morgan fingerprint density at radius 2 is 1.56 bits per heavy atom. The highest BCUT2D eigenvalue weighted by molar-refractivity contribution is 5.95. The van der Waals surface area contributed by atoms with Gasteiger partial charge in [-0.15, -0.1) is 0 Å². The fourth-order valence-electron chi connectivity index (χ4n) is 4.71. The van der Waals surface area contributed by atoms with Gasteiger partial charge in [0.15, 0.2) is 0 Å². The lowest BCUT2D eigenvalue weighted by atomic mass is 9.78. The van der Waals surface area contributed by atoms with Gasteiger partial charge in [-0.05, 0) is 55.0 Å². The average Bonchev–Trinajstić information content (AvgIpc) is 2.86. The summed E-state index contributed by atoms with van der Waals surface area (Å²) < 4.78 is 0. The standard InChI is InChI=1S/C27H31N5O2/c28-25(33)27(19-21-7-3-1-4-8-21,31-26(34)30-23-9-5-2-6-10-23)20-22-13-17-32(18-14-22)24-11-15-29-16-12-24/h1-12,15-16,22H,13-14,17-20H2,(H2,28,33)(H2,30,31,34)/t27-/m1/s1. The summed E-state index contributed by atoms with van der Waals surface area (Å²) in [6.45, 7) is 1.76. The molecule has 1 fully saturated rings. The Kier molecular flexibility index (Phi) is 7.42. The molecule has 0 bridgehead atoms. The summed E-state index contributed by atoms with van der Waals surface area (Å²) in [4.78, 5) is 32.3. The van der Waals surface area contributed by atoms with Crippen molar-refractivity contribution >= 4 is 23.3 Å². The first-order valence-electron chi connectivity index (χ1n) is 11.7. The Balaban J connectivity index is 1.50. The third kappa shape index (κ3) is 5.92. The van der Waals surface area contributed by atoms with Gasteiger partial charge in [-0.2, -0.15) is 0 Å². The van der Waals surface area contributed by atoms with E-state index in [1.807, 2.05) is 60.7 Å². The third-order valence-electron chi connectivity index (χ3n) is 6.48. The molecule has 4 rings (SSSR count). The van der Waals surface area contributed by atoms with E-state index in [0.29, 0.717) is 18.5 Å². The van der Waals surface area contributed by atoms with Crippen molar-refractivity contribution in [3.63, 3.8) is 0 Å². The lowest BCUT2D eigenvalue weighted by Gasteiger charge is -2.39. The monoisotopic (exact) mass is 457 g/mol. The number of hydrogen-bond donors (Lipinski definition) is 3. The number of benzene rings is 2. The van der Waals surface area contributed by atoms with Gasteiger partial charge in [0.1, 0.15) is 5.54 Å². The fraction of sp³-hybridized carbons (Fsp3) is 0.296. The number of urea groups is 1. The molecule has 0 aliphatic carbocycles. The molecule has 2 heterocycles. The van der Waals surface area contributed by atoms with E-state index in [9.17, 15) is 9.59 Å². The molecule has 0 saturated carbocycles. The first-order chi connectivity index (χ1) is 16.5. The number of carbonyl (C=O) groups is 2. The molecule has 34 heavy (non-hydrogen) atoms. The van der Waals surface area contributed by atoms with Crippen molar-refractivity contribution in [3.8, 4) is 0 Å². The summed E-state index contributed by atoms with van der Waals surface area (Å²) in [5.41, 5.74) is 7.57. The SMILES string of the molecule is NC(=O)[C@@](Cc1ccccc1)(CC1CCN(c2ccncc2)CC1)NC(=O)Nc1ccccc1. The molecule has 176 valence electrons. The van der Waals surface area contributed by atoms with Crippen LogP contribution in [0.4, 0.5) is 16.2 Å². The summed E-state index contributed by atoms with van der Waals surface area (Å²) in [5.74, 6) is -0.262. The predicted molar refractivity (Wildman–Crippen MR) is 134 cm³/mol. The zero-order chi connectivity index (χ0) is 23.8. The molecule has 1 aromatic heterocycles. The maximum atomic E-state index is 13.0. The number of pyridine rings is 1. The number of aromatic nitrogens is 1. The van der Waals surface area contributed by atoms with Crippen molar-refractivity contribution < 1.29 is 9.59 Å². The molecule has 0 spiro atoms. The third-order valence-corrected chi connectivity index (χ3v) is 6.48. The van der Waals surface area contributed by atoms with Crippen LogP contribution in [0.5, 0.6) is 0 Å². The molecule has 1 saturated heterocycles. The van der Waals surface area contributed by atoms with E-state index >= 15 is 0 Å². The zero-order valence-corrected chi connectivity index (χ0v) is 19.2. The molecule has 3 amide bonds. The minimum absolute atomic E-state index is 0.256. The Labute approximate surface area is 200 Å². The number of rotatable bonds is 8. The highest BCUT2D eigenvalue weighted by Crippen LogP contribution is 2.31. The van der Waals surface area contributed by atoms with Gasteiger partial charge < -0.3 is 21.3 Å². The summed E-state index contributed by atoms with van der Waals surface area (Å²) in [7, 11) is 0. The number of nitrogens with two attached hydrogens (primary N) is 1. The maximum absolute atomic E-state index is 13.0. The zero-order valence-electron chi connectivity index (χ0n) is 19.2. The van der Waals surface area contributed by atoms with E-state index in [2.05, 4.69) is 20.5 Å². The number of primary amides is 1. The quantitative estimate of drug-likeness (QED) is 0.476. The number of nitrogens with one attached hydrogen (secondary N) is 2. The van der Waals surface area contributed by atoms with E-state index in [0.717, 1.165) is 37.2 Å². The molecule has 0 unspecified atom stereocenters. The molecule has 2 aromatic carbocycles. The van der Waals surface area contributed by atoms with Crippen LogP contribution in [0.3, 0.4) is 0 Å². The van der Waals surface area contributed by atoms with Gasteiger partial charge in [-0.1, -0.05) is 48.5 Å². The van der Waals surface area contributed by atoms with Gasteiger partial charge >= 0.3 is 6.03 Å². The van der Waals surface area contributed by atoms with Crippen LogP contribution >= 0.6 is 0 Å². The molecular weight excluding hydrogens is 426 g/mol. The highest BCUT2D eigenvalue weighted by Gasteiger charge is 2.41. The Bertz CT molecular complexity index is 1070. The Morgan fingerprint density at radius 1 is 0.941 bits per heavy atom. The first-order valence-corrected chi connectivity index (χ1v) is 11.7. The fourth-order valence-corrected chi connectivity index (χ4v) is 4.71. The summed E-state index contributed by atoms with van der Waals surface area (Å²) in [6.07, 6.45) is 6.26. The molecular formula is C27H31N5O2. The maximum Gasteiger partial charge on any atom is 0.320 e. The normalized spacial score (nSPS) is 15.8. The van der Waals surface area contributed by atoms with Crippen molar-refractivity contribution in [1.29, 1.82) is 0 Å². The Morgan fingerprint density at radius 3 is 2.18 bits per heavy atom. The Hall–Kier alpha value is -3.87. The molecule has 3 aromatic rings. The number of nitrogens with zero attached hydrogens (tertiary/aromatic N) is 2. The molecule has 4 N–H and O–H groups in total. The average molecular weight is 458 g/mol. The molecule has 1 atom stereocenters. The van der Waals surface area contributed by atoms with Gasteiger partial charge in [-0.3, -0.25) is 9.78 Å². The number of para-hydroxylation sites is 1. The highest BCUT2D eigenvalue weighted by atomic mass is 16.2. The van der Waals surface area contributed by atoms with Crippen LogP contribution in [0.15, 0.2) is 85.2 Å². The minimum Gasteiger partial charge on any atom is -0.371 e. The lowest BCUT2D eigenvalue weighted by Crippen LogP contribution is -2.61. The summed E-state index contributed by atoms with van der Waals surface area (Å²) >= 11 is 0. The van der Waals surface area contributed by atoms with E-state index in [1.54, 1.807) is 24.5 Å². The van der Waals surface area contributed by atoms with Crippen LogP contribution in [0.1, 0.15) is 24.8 Å². The van der Waals surface area contributed by atoms with Crippen molar-refractivity contribution in [2.24, 2.45) is 11.7 Å². The van der Waals surface area contributed by atoms with Crippen LogP contribution in [0.25, 0.3) is 0 Å². The second-order valence-corrected chi connectivity index (χ2v) is 8.89. The van der Waals surface area contributed by atoms with Crippen molar-refractivity contribution in [3.05, 3.63) is 90.8 Å². The van der Waals surface area contributed by atoms with Crippen LogP contribution in [-0.2, 0) is 11.2 Å². The number of anilines is 2. The van der Waals surface area contributed by atoms with Crippen molar-refractivity contribution in [1.82, 2.24) is 10.3 Å². The lowest BCUT2D eigenvalue weighted by molar-refractivity contribution is -0.124. The molecule has 0 radical (unpaired) electrons. The summed E-state index contributed by atoms with van der Waals surface area (Å²) in [6, 6.07) is 22.5.